The Morgan fingerprint density at radius 1 is 1.07 bits per heavy atom. The van der Waals surface area contributed by atoms with E-state index in [1.54, 1.807) is 6.07 Å². The van der Waals surface area contributed by atoms with Crippen LogP contribution in [0.5, 0.6) is 5.88 Å². The van der Waals surface area contributed by atoms with Crippen molar-refractivity contribution in [3.63, 3.8) is 0 Å². The molecule has 12 heteroatoms. The van der Waals surface area contributed by atoms with E-state index in [2.05, 4.69) is 25.2 Å². The zero-order valence-electron chi connectivity index (χ0n) is 14.2. The van der Waals surface area contributed by atoms with Crippen molar-refractivity contribution in [2.45, 2.75) is 6.18 Å². The SMILES string of the molecule is O=[N+]([O-])c1ccc2[nH]c(O)c(N=Nc3nc(C(F)(F)F)nc4ccccc34)c2c1. The van der Waals surface area contributed by atoms with Gasteiger partial charge in [0.1, 0.15) is 0 Å². The summed E-state index contributed by atoms with van der Waals surface area (Å²) >= 11 is 0. The summed E-state index contributed by atoms with van der Waals surface area (Å²) in [5.74, 6) is -2.19. The molecular weight excluding hydrogens is 393 g/mol. The Hall–Kier alpha value is -4.09. The van der Waals surface area contributed by atoms with Crippen LogP contribution >= 0.6 is 0 Å². The number of nitro groups is 1. The van der Waals surface area contributed by atoms with Crippen molar-refractivity contribution in [2.75, 3.05) is 0 Å². The zero-order chi connectivity index (χ0) is 20.8. The smallest absolute Gasteiger partial charge is 0.451 e. The van der Waals surface area contributed by atoms with Crippen molar-refractivity contribution in [1.29, 1.82) is 0 Å². The lowest BCUT2D eigenvalue weighted by atomic mass is 10.2. The van der Waals surface area contributed by atoms with E-state index >= 15 is 0 Å². The summed E-state index contributed by atoms with van der Waals surface area (Å²) in [7, 11) is 0. The van der Waals surface area contributed by atoms with Crippen LogP contribution in [0.15, 0.2) is 52.7 Å². The number of hydrogen-bond acceptors (Lipinski definition) is 7. The summed E-state index contributed by atoms with van der Waals surface area (Å²) < 4.78 is 39.3. The molecule has 0 saturated heterocycles. The number of non-ortho nitro benzene ring substituents is 1. The number of aromatic amines is 1. The first kappa shape index (κ1) is 18.3. The number of aromatic hydroxyl groups is 1. The summed E-state index contributed by atoms with van der Waals surface area (Å²) in [6.45, 7) is 0. The molecule has 0 aliphatic rings. The Morgan fingerprint density at radius 2 is 1.83 bits per heavy atom. The lowest BCUT2D eigenvalue weighted by Gasteiger charge is -2.07. The molecule has 0 amide bonds. The normalized spacial score (nSPS) is 12.2. The largest absolute Gasteiger partial charge is 0.493 e. The van der Waals surface area contributed by atoms with Gasteiger partial charge in [-0.05, 0) is 18.2 Å². The highest BCUT2D eigenvalue weighted by Crippen LogP contribution is 2.39. The van der Waals surface area contributed by atoms with E-state index in [0.29, 0.717) is 5.52 Å². The van der Waals surface area contributed by atoms with Crippen LogP contribution in [-0.2, 0) is 6.18 Å². The van der Waals surface area contributed by atoms with Gasteiger partial charge in [0, 0.05) is 22.9 Å². The molecule has 2 aromatic heterocycles. The predicted molar refractivity (Wildman–Crippen MR) is 95.3 cm³/mol. The molecule has 0 aliphatic carbocycles. The number of halogens is 3. The molecule has 0 radical (unpaired) electrons. The topological polar surface area (TPSA) is 130 Å². The average Bonchev–Trinajstić information content (AvgIpc) is 2.99. The van der Waals surface area contributed by atoms with E-state index in [1.165, 1.54) is 36.4 Å². The second-order valence-corrected chi connectivity index (χ2v) is 5.89. The average molecular weight is 402 g/mol. The molecule has 0 unspecified atom stereocenters. The van der Waals surface area contributed by atoms with Gasteiger partial charge in [-0.1, -0.05) is 12.1 Å². The Balaban J connectivity index is 1.88. The van der Waals surface area contributed by atoms with Gasteiger partial charge in [-0.2, -0.15) is 13.2 Å². The number of para-hydroxylation sites is 1. The summed E-state index contributed by atoms with van der Waals surface area (Å²) in [5.41, 5.74) is -0.0621. The van der Waals surface area contributed by atoms with Crippen LogP contribution < -0.4 is 0 Å². The van der Waals surface area contributed by atoms with Crippen molar-refractivity contribution >= 4 is 39.0 Å². The molecular formula is C17H9F3N6O3. The van der Waals surface area contributed by atoms with Crippen LogP contribution in [0, 0.1) is 10.1 Å². The number of fused-ring (bicyclic) bond motifs is 2. The standard InChI is InChI=1S/C17H9F3N6O3/c18-17(19,20)16-22-11-4-2-1-3-9(11)14(23-16)25-24-13-10-7-8(26(28)29)5-6-12(10)21-15(13)27/h1-7,21,27H. The van der Waals surface area contributed by atoms with Crippen molar-refractivity contribution in [3.8, 4) is 5.88 Å². The number of aromatic nitrogens is 3. The van der Waals surface area contributed by atoms with Crippen molar-refractivity contribution in [1.82, 2.24) is 15.0 Å². The lowest BCUT2D eigenvalue weighted by molar-refractivity contribution is -0.384. The maximum absolute atomic E-state index is 13.1. The first-order chi connectivity index (χ1) is 13.7. The van der Waals surface area contributed by atoms with Crippen LogP contribution in [0.2, 0.25) is 0 Å². The minimum Gasteiger partial charge on any atom is -0.493 e. The molecule has 146 valence electrons. The monoisotopic (exact) mass is 402 g/mol. The van der Waals surface area contributed by atoms with E-state index in [9.17, 15) is 28.4 Å². The second kappa shape index (κ2) is 6.51. The Bertz CT molecular complexity index is 1300. The number of nitro benzene ring substituents is 1. The Labute approximate surface area is 158 Å². The highest BCUT2D eigenvalue weighted by Gasteiger charge is 2.35. The molecule has 0 fully saturated rings. The van der Waals surface area contributed by atoms with Gasteiger partial charge in [-0.3, -0.25) is 10.1 Å². The van der Waals surface area contributed by atoms with Gasteiger partial charge in [0.2, 0.25) is 11.7 Å². The number of H-pyrrole nitrogens is 1. The van der Waals surface area contributed by atoms with Gasteiger partial charge in [-0.25, -0.2) is 9.97 Å². The molecule has 0 atom stereocenters. The van der Waals surface area contributed by atoms with E-state index in [1.807, 2.05) is 0 Å². The summed E-state index contributed by atoms with van der Waals surface area (Å²) in [5, 5.41) is 29.0. The molecule has 4 rings (SSSR count). The first-order valence-electron chi connectivity index (χ1n) is 7.99. The van der Waals surface area contributed by atoms with Crippen LogP contribution in [0.3, 0.4) is 0 Å². The fourth-order valence-electron chi connectivity index (χ4n) is 2.73. The van der Waals surface area contributed by atoms with Gasteiger partial charge in [-0.15, -0.1) is 10.2 Å². The summed E-state index contributed by atoms with van der Waals surface area (Å²) in [6, 6.07) is 9.70. The molecule has 4 aromatic rings. The van der Waals surface area contributed by atoms with Gasteiger partial charge < -0.3 is 10.1 Å². The number of alkyl halides is 3. The van der Waals surface area contributed by atoms with Crippen molar-refractivity contribution in [3.05, 3.63) is 58.4 Å². The van der Waals surface area contributed by atoms with Gasteiger partial charge >= 0.3 is 6.18 Å². The molecule has 2 aromatic carbocycles. The predicted octanol–water partition coefficient (Wildman–Crippen LogP) is 5.16. The third-order valence-electron chi connectivity index (χ3n) is 4.03. The highest BCUT2D eigenvalue weighted by atomic mass is 19.4. The maximum Gasteiger partial charge on any atom is 0.451 e. The van der Waals surface area contributed by atoms with Crippen molar-refractivity contribution in [2.24, 2.45) is 10.2 Å². The number of azo groups is 1. The van der Waals surface area contributed by atoms with Crippen LogP contribution in [0.25, 0.3) is 21.8 Å². The second-order valence-electron chi connectivity index (χ2n) is 5.89. The third kappa shape index (κ3) is 3.31. The molecule has 2 heterocycles. The van der Waals surface area contributed by atoms with E-state index < -0.39 is 22.8 Å². The lowest BCUT2D eigenvalue weighted by Crippen LogP contribution is -2.10. The number of nitrogens with one attached hydrogen (secondary N) is 1. The van der Waals surface area contributed by atoms with Gasteiger partial charge in [0.25, 0.3) is 5.69 Å². The van der Waals surface area contributed by atoms with E-state index in [4.69, 9.17) is 0 Å². The number of hydrogen-bond donors (Lipinski definition) is 2. The van der Waals surface area contributed by atoms with Crippen molar-refractivity contribution < 1.29 is 23.2 Å². The van der Waals surface area contributed by atoms with Crippen LogP contribution in [0.1, 0.15) is 5.82 Å². The molecule has 29 heavy (non-hydrogen) atoms. The van der Waals surface area contributed by atoms with Crippen LogP contribution in [0.4, 0.5) is 30.4 Å². The summed E-state index contributed by atoms with van der Waals surface area (Å²) in [6.07, 6.45) is -4.79. The minimum atomic E-state index is -4.79. The molecule has 0 spiro atoms. The fourth-order valence-corrected chi connectivity index (χ4v) is 2.73. The first-order valence-corrected chi connectivity index (χ1v) is 7.99. The molecule has 0 aliphatic heterocycles. The molecule has 0 saturated carbocycles. The maximum atomic E-state index is 13.1. The van der Waals surface area contributed by atoms with E-state index in [-0.39, 0.29) is 33.5 Å². The minimum absolute atomic E-state index is 0.0163. The molecule has 9 nitrogen and oxygen atoms in total. The van der Waals surface area contributed by atoms with Crippen LogP contribution in [-0.4, -0.2) is 25.0 Å². The summed E-state index contributed by atoms with van der Waals surface area (Å²) in [4.78, 5) is 19.8. The Morgan fingerprint density at radius 3 is 2.55 bits per heavy atom. The molecule has 2 N–H and O–H groups in total. The van der Waals surface area contributed by atoms with Gasteiger partial charge in [0.15, 0.2) is 11.5 Å². The Kier molecular flexibility index (Phi) is 4.10. The zero-order valence-corrected chi connectivity index (χ0v) is 14.2. The van der Waals surface area contributed by atoms with E-state index in [0.717, 1.165) is 0 Å². The fraction of sp³-hybridized carbons (Fsp3) is 0.0588. The number of benzene rings is 2. The highest BCUT2D eigenvalue weighted by molar-refractivity contribution is 5.95. The van der Waals surface area contributed by atoms with Gasteiger partial charge in [0.05, 0.1) is 16.0 Å². The quantitative estimate of drug-likeness (QED) is 0.278. The number of nitrogens with zero attached hydrogens (tertiary/aromatic N) is 5. The third-order valence-corrected chi connectivity index (χ3v) is 4.03. The molecule has 0 bridgehead atoms. The number of rotatable bonds is 3.